The van der Waals surface area contributed by atoms with Crippen molar-refractivity contribution in [2.45, 2.75) is 45.9 Å². The molecule has 2 aromatic rings. The van der Waals surface area contributed by atoms with E-state index in [-0.39, 0.29) is 25.8 Å². The molecule has 3 rings (SSSR count). The number of hydrogen-bond acceptors (Lipinski definition) is 5. The van der Waals surface area contributed by atoms with Gasteiger partial charge in [-0.05, 0) is 24.5 Å². The molecule has 2 atom stereocenters. The second-order valence-corrected chi connectivity index (χ2v) is 8.80. The zero-order valence-corrected chi connectivity index (χ0v) is 18.9. The molecule has 0 radical (unpaired) electrons. The number of ether oxygens (including phenoxy) is 1. The van der Waals surface area contributed by atoms with Crippen LogP contribution in [-0.4, -0.2) is 54.2 Å². The van der Waals surface area contributed by atoms with Crippen molar-refractivity contribution in [2.75, 3.05) is 26.3 Å². The molecule has 0 amide bonds. The van der Waals surface area contributed by atoms with Crippen molar-refractivity contribution >= 4 is 5.71 Å². The molecule has 0 aromatic heterocycles. The fraction of sp³-hybridized carbons (Fsp3) is 0.480. The first-order valence-corrected chi connectivity index (χ1v) is 11.0. The van der Waals surface area contributed by atoms with Gasteiger partial charge in [0.15, 0.2) is 0 Å². The Hall–Kier alpha value is -2.35. The smallest absolute Gasteiger partial charge is 0.145 e. The number of hydrogen-bond donors (Lipinski definition) is 1. The maximum Gasteiger partial charge on any atom is 0.145 e. The van der Waals surface area contributed by atoms with E-state index in [2.05, 4.69) is 5.16 Å². The number of aliphatic hydroxyl groups excluding tert-OH is 1. The second-order valence-electron chi connectivity index (χ2n) is 8.80. The van der Waals surface area contributed by atoms with Gasteiger partial charge in [0.25, 0.3) is 0 Å². The first kappa shape index (κ1) is 24.3. The van der Waals surface area contributed by atoms with Gasteiger partial charge in [-0.2, -0.15) is 0 Å². The third-order valence-electron chi connectivity index (χ3n) is 5.29. The molecule has 1 N–H and O–H groups in total. The van der Waals surface area contributed by atoms with Crippen molar-refractivity contribution in [3.8, 4) is 0 Å². The lowest BCUT2D eigenvalue weighted by Crippen LogP contribution is -2.39. The molecule has 2 aromatic carbocycles. The Morgan fingerprint density at radius 1 is 1.19 bits per heavy atom. The summed E-state index contributed by atoms with van der Waals surface area (Å²) in [6, 6.07) is 11.5. The molecule has 0 saturated heterocycles. The summed E-state index contributed by atoms with van der Waals surface area (Å²) in [7, 11) is 0. The summed E-state index contributed by atoms with van der Waals surface area (Å²) in [5.41, 5.74) is 3.41. The van der Waals surface area contributed by atoms with Crippen molar-refractivity contribution in [3.63, 3.8) is 0 Å². The van der Waals surface area contributed by atoms with Gasteiger partial charge in [0, 0.05) is 49.9 Å². The summed E-state index contributed by atoms with van der Waals surface area (Å²) in [5, 5.41) is 14.7. The normalized spacial score (nSPS) is 17.0. The maximum atomic E-state index is 14.3. The molecule has 174 valence electrons. The van der Waals surface area contributed by atoms with Gasteiger partial charge in [0.2, 0.25) is 0 Å². The average Bonchev–Trinajstić information content (AvgIpc) is 3.18. The Morgan fingerprint density at radius 2 is 1.97 bits per heavy atom. The van der Waals surface area contributed by atoms with E-state index in [0.717, 1.165) is 22.9 Å². The van der Waals surface area contributed by atoms with Gasteiger partial charge < -0.3 is 14.7 Å². The second kappa shape index (κ2) is 11.5. The van der Waals surface area contributed by atoms with E-state index >= 15 is 0 Å². The zero-order valence-electron chi connectivity index (χ0n) is 18.9. The van der Waals surface area contributed by atoms with Crippen molar-refractivity contribution in [1.29, 1.82) is 0 Å². The van der Waals surface area contributed by atoms with Crippen LogP contribution >= 0.6 is 0 Å². The quantitative estimate of drug-likeness (QED) is 0.559. The van der Waals surface area contributed by atoms with Gasteiger partial charge >= 0.3 is 0 Å². The van der Waals surface area contributed by atoms with Gasteiger partial charge in [-0.1, -0.05) is 49.3 Å². The van der Waals surface area contributed by atoms with Gasteiger partial charge in [0.05, 0.1) is 18.4 Å². The van der Waals surface area contributed by atoms with E-state index < -0.39 is 17.7 Å². The van der Waals surface area contributed by atoms with Crippen LogP contribution in [0, 0.1) is 24.5 Å². The van der Waals surface area contributed by atoms with E-state index in [1.165, 1.54) is 12.1 Å². The third kappa shape index (κ3) is 7.08. The van der Waals surface area contributed by atoms with E-state index in [4.69, 9.17) is 9.57 Å². The largest absolute Gasteiger partial charge is 0.390 e. The molecule has 0 spiro atoms. The molecule has 0 aliphatic carbocycles. The summed E-state index contributed by atoms with van der Waals surface area (Å²) in [5.74, 6) is -0.851. The Balaban J connectivity index is 1.64. The van der Waals surface area contributed by atoms with Gasteiger partial charge in [0.1, 0.15) is 17.7 Å². The summed E-state index contributed by atoms with van der Waals surface area (Å²) >= 11 is 0. The van der Waals surface area contributed by atoms with Gasteiger partial charge in [-0.3, -0.25) is 4.90 Å². The monoisotopic (exact) mass is 446 g/mol. The number of nitrogens with zero attached hydrogens (tertiary/aromatic N) is 2. The van der Waals surface area contributed by atoms with E-state index in [1.54, 1.807) is 0 Å². The predicted molar refractivity (Wildman–Crippen MR) is 121 cm³/mol. The highest BCUT2D eigenvalue weighted by atomic mass is 19.1. The minimum Gasteiger partial charge on any atom is -0.390 e. The van der Waals surface area contributed by atoms with Gasteiger partial charge in [-0.25, -0.2) is 8.78 Å². The summed E-state index contributed by atoms with van der Waals surface area (Å²) < 4.78 is 33.1. The molecule has 0 unspecified atom stereocenters. The average molecular weight is 447 g/mol. The van der Waals surface area contributed by atoms with Crippen LogP contribution in [0.5, 0.6) is 0 Å². The molecular formula is C25H32F2N2O3. The standard InChI is InChI=1S/C25H32F2N2O3/c1-17(2)15-31-16-21(30)13-29(12-19-8-9-20(26)10-24(19)27)14-22-11-25(28-32-22)23-7-5-4-6-18(23)3/h4-10,17,21-22,30H,11-16H2,1-3H3/t21-,22+/m1/s1. The zero-order chi connectivity index (χ0) is 23.1. The van der Waals surface area contributed by atoms with Crippen molar-refractivity contribution in [1.82, 2.24) is 4.90 Å². The Morgan fingerprint density at radius 3 is 2.69 bits per heavy atom. The molecule has 1 aliphatic rings. The van der Waals surface area contributed by atoms with Crippen LogP contribution in [0.3, 0.4) is 0 Å². The lowest BCUT2D eigenvalue weighted by atomic mass is 10.00. The number of rotatable bonds is 11. The number of oxime groups is 1. The lowest BCUT2D eigenvalue weighted by Gasteiger charge is -2.27. The van der Waals surface area contributed by atoms with Crippen LogP contribution in [0.15, 0.2) is 47.6 Å². The number of halogens is 2. The summed E-state index contributed by atoms with van der Waals surface area (Å²) in [6.07, 6.45) is -0.347. The fourth-order valence-corrected chi connectivity index (χ4v) is 3.76. The summed E-state index contributed by atoms with van der Waals surface area (Å²) in [4.78, 5) is 7.57. The third-order valence-corrected chi connectivity index (χ3v) is 5.29. The topological polar surface area (TPSA) is 54.3 Å². The van der Waals surface area contributed by atoms with Crippen LogP contribution in [0.2, 0.25) is 0 Å². The number of benzene rings is 2. The van der Waals surface area contributed by atoms with Crippen LogP contribution in [0.4, 0.5) is 8.78 Å². The molecule has 0 saturated carbocycles. The van der Waals surface area contributed by atoms with Crippen molar-refractivity contribution < 1.29 is 23.5 Å². The van der Waals surface area contributed by atoms with Crippen LogP contribution in [0.25, 0.3) is 0 Å². The van der Waals surface area contributed by atoms with E-state index in [0.29, 0.717) is 31.1 Å². The van der Waals surface area contributed by atoms with Crippen LogP contribution < -0.4 is 0 Å². The van der Waals surface area contributed by atoms with E-state index in [1.807, 2.05) is 49.9 Å². The van der Waals surface area contributed by atoms with Gasteiger partial charge in [-0.15, -0.1) is 0 Å². The Labute approximate surface area is 188 Å². The van der Waals surface area contributed by atoms with Crippen molar-refractivity contribution in [2.24, 2.45) is 11.1 Å². The first-order chi connectivity index (χ1) is 15.3. The lowest BCUT2D eigenvalue weighted by molar-refractivity contribution is -0.00756. The molecule has 7 heteroatoms. The number of aliphatic hydroxyl groups is 1. The van der Waals surface area contributed by atoms with Crippen LogP contribution in [0.1, 0.15) is 37.0 Å². The molecule has 1 aliphatic heterocycles. The molecule has 0 bridgehead atoms. The van der Waals surface area contributed by atoms with E-state index in [9.17, 15) is 13.9 Å². The fourth-order valence-electron chi connectivity index (χ4n) is 3.76. The predicted octanol–water partition coefficient (Wildman–Crippen LogP) is 4.30. The molecule has 32 heavy (non-hydrogen) atoms. The minimum absolute atomic E-state index is 0.192. The molecule has 5 nitrogen and oxygen atoms in total. The first-order valence-electron chi connectivity index (χ1n) is 11.0. The SMILES string of the molecule is Cc1ccccc1C1=NO[C@H](CN(Cc2ccc(F)cc2F)C[C@@H](O)COCC(C)C)C1. The molecular weight excluding hydrogens is 414 g/mol. The molecule has 0 fully saturated rings. The minimum atomic E-state index is -0.740. The van der Waals surface area contributed by atoms with Crippen molar-refractivity contribution in [3.05, 3.63) is 70.8 Å². The Kier molecular flexibility index (Phi) is 8.73. The van der Waals surface area contributed by atoms with Crippen LogP contribution in [-0.2, 0) is 16.1 Å². The highest BCUT2D eigenvalue weighted by Gasteiger charge is 2.27. The highest BCUT2D eigenvalue weighted by Crippen LogP contribution is 2.21. The molecule has 1 heterocycles. The highest BCUT2D eigenvalue weighted by molar-refractivity contribution is 6.02. The number of aryl methyl sites for hydroxylation is 1. The summed E-state index contributed by atoms with van der Waals surface area (Å²) in [6.45, 7) is 7.79. The maximum absolute atomic E-state index is 14.3. The Bertz CT molecular complexity index is 920.